The Kier molecular flexibility index (Phi) is 5.28. The third kappa shape index (κ3) is 4.15. The number of benzene rings is 2. The fourth-order valence-electron chi connectivity index (χ4n) is 2.24. The zero-order valence-electron chi connectivity index (χ0n) is 12.5. The first-order valence-corrected chi connectivity index (χ1v) is 7.32. The van der Waals surface area contributed by atoms with Crippen LogP contribution in [0.4, 0.5) is 5.69 Å². The van der Waals surface area contributed by atoms with Crippen molar-refractivity contribution in [3.63, 3.8) is 0 Å². The molecule has 0 aliphatic rings. The maximum absolute atomic E-state index is 11.2. The lowest BCUT2D eigenvalue weighted by molar-refractivity contribution is 0.0698. The molecular formula is C17H18ClNO3. The van der Waals surface area contributed by atoms with Gasteiger partial charge in [0.05, 0.1) is 16.3 Å². The molecule has 0 radical (unpaired) electrons. The van der Waals surface area contributed by atoms with E-state index in [1.54, 1.807) is 12.1 Å². The van der Waals surface area contributed by atoms with Crippen LogP contribution in [-0.2, 0) is 0 Å². The van der Waals surface area contributed by atoms with E-state index in [0.717, 1.165) is 16.9 Å². The van der Waals surface area contributed by atoms with Gasteiger partial charge in [0, 0.05) is 6.54 Å². The SMILES string of the molecule is Cc1cc(C)cc(OCCNc2c(Cl)cccc2C(=O)O)c1. The van der Waals surface area contributed by atoms with Crippen molar-refractivity contribution in [2.24, 2.45) is 0 Å². The minimum Gasteiger partial charge on any atom is -0.492 e. The summed E-state index contributed by atoms with van der Waals surface area (Å²) < 4.78 is 5.68. The number of rotatable bonds is 6. The molecule has 0 amide bonds. The van der Waals surface area contributed by atoms with Crippen molar-refractivity contribution in [3.05, 3.63) is 58.1 Å². The van der Waals surface area contributed by atoms with Gasteiger partial charge in [0.1, 0.15) is 12.4 Å². The maximum atomic E-state index is 11.2. The molecule has 0 atom stereocenters. The molecule has 0 heterocycles. The first kappa shape index (κ1) is 16.2. The lowest BCUT2D eigenvalue weighted by atomic mass is 10.1. The number of carboxylic acids is 1. The Balaban J connectivity index is 1.96. The van der Waals surface area contributed by atoms with Crippen LogP contribution in [0.15, 0.2) is 36.4 Å². The molecule has 4 nitrogen and oxygen atoms in total. The highest BCUT2D eigenvalue weighted by Gasteiger charge is 2.12. The highest BCUT2D eigenvalue weighted by Crippen LogP contribution is 2.25. The van der Waals surface area contributed by atoms with Crippen LogP contribution in [0.25, 0.3) is 0 Å². The standard InChI is InChI=1S/C17H18ClNO3/c1-11-8-12(2)10-13(9-11)22-7-6-19-16-14(17(20)21)4-3-5-15(16)18/h3-5,8-10,19H,6-7H2,1-2H3,(H,20,21). The number of hydrogen-bond acceptors (Lipinski definition) is 3. The van der Waals surface area contributed by atoms with E-state index in [9.17, 15) is 4.79 Å². The summed E-state index contributed by atoms with van der Waals surface area (Å²) in [5.74, 6) is -0.211. The second kappa shape index (κ2) is 7.18. The summed E-state index contributed by atoms with van der Waals surface area (Å²) in [7, 11) is 0. The molecule has 2 aromatic carbocycles. The fraction of sp³-hybridized carbons (Fsp3) is 0.235. The molecule has 0 aliphatic heterocycles. The van der Waals surface area contributed by atoms with Crippen LogP contribution < -0.4 is 10.1 Å². The molecule has 0 bridgehead atoms. The van der Waals surface area contributed by atoms with Crippen LogP contribution in [0.1, 0.15) is 21.5 Å². The minimum atomic E-state index is -1.01. The Bertz CT molecular complexity index is 665. The third-order valence-electron chi connectivity index (χ3n) is 3.11. The Morgan fingerprint density at radius 2 is 1.91 bits per heavy atom. The fourth-order valence-corrected chi connectivity index (χ4v) is 2.48. The van der Waals surface area contributed by atoms with E-state index in [-0.39, 0.29) is 5.56 Å². The third-order valence-corrected chi connectivity index (χ3v) is 3.43. The van der Waals surface area contributed by atoms with Gasteiger partial charge in [0.25, 0.3) is 0 Å². The van der Waals surface area contributed by atoms with E-state index >= 15 is 0 Å². The summed E-state index contributed by atoms with van der Waals surface area (Å²) in [5.41, 5.74) is 2.85. The van der Waals surface area contributed by atoms with Gasteiger partial charge in [-0.25, -0.2) is 4.79 Å². The van der Waals surface area contributed by atoms with Gasteiger partial charge in [-0.2, -0.15) is 0 Å². The van der Waals surface area contributed by atoms with Gasteiger partial charge in [0.2, 0.25) is 0 Å². The molecule has 2 N–H and O–H groups in total. The molecule has 5 heteroatoms. The number of anilines is 1. The molecule has 0 spiro atoms. The van der Waals surface area contributed by atoms with Crippen molar-refractivity contribution in [2.45, 2.75) is 13.8 Å². The molecule has 22 heavy (non-hydrogen) atoms. The second-order valence-electron chi connectivity index (χ2n) is 5.07. The Morgan fingerprint density at radius 3 is 2.55 bits per heavy atom. The van der Waals surface area contributed by atoms with E-state index in [1.165, 1.54) is 6.07 Å². The normalized spacial score (nSPS) is 10.3. The molecule has 2 rings (SSSR count). The number of carbonyl (C=O) groups is 1. The van der Waals surface area contributed by atoms with Crippen LogP contribution in [0.5, 0.6) is 5.75 Å². The highest BCUT2D eigenvalue weighted by atomic mass is 35.5. The number of aromatic carboxylic acids is 1. The van der Waals surface area contributed by atoms with Crippen molar-refractivity contribution >= 4 is 23.3 Å². The van der Waals surface area contributed by atoms with Crippen LogP contribution >= 0.6 is 11.6 Å². The number of halogens is 1. The molecule has 0 unspecified atom stereocenters. The summed E-state index contributed by atoms with van der Waals surface area (Å²) >= 11 is 6.04. The zero-order chi connectivity index (χ0) is 16.1. The molecule has 0 aromatic heterocycles. The van der Waals surface area contributed by atoms with E-state index in [0.29, 0.717) is 23.9 Å². The number of aryl methyl sites for hydroxylation is 2. The molecule has 2 aromatic rings. The summed E-state index contributed by atoms with van der Waals surface area (Å²) in [4.78, 5) is 11.2. The second-order valence-corrected chi connectivity index (χ2v) is 5.47. The highest BCUT2D eigenvalue weighted by molar-refractivity contribution is 6.34. The smallest absolute Gasteiger partial charge is 0.337 e. The summed E-state index contributed by atoms with van der Waals surface area (Å²) in [6, 6.07) is 10.8. The molecule has 116 valence electrons. The number of para-hydroxylation sites is 1. The van der Waals surface area contributed by atoms with Crippen molar-refractivity contribution in [2.75, 3.05) is 18.5 Å². The summed E-state index contributed by atoms with van der Waals surface area (Å²) in [6.07, 6.45) is 0. The van der Waals surface area contributed by atoms with Crippen LogP contribution in [-0.4, -0.2) is 24.2 Å². The number of ether oxygens (including phenoxy) is 1. The lowest BCUT2D eigenvalue weighted by Gasteiger charge is -2.12. The predicted molar refractivity (Wildman–Crippen MR) is 88.3 cm³/mol. The summed E-state index contributed by atoms with van der Waals surface area (Å²) in [5, 5.41) is 12.6. The number of nitrogens with one attached hydrogen (secondary N) is 1. The topological polar surface area (TPSA) is 58.6 Å². The summed E-state index contributed by atoms with van der Waals surface area (Å²) in [6.45, 7) is 4.89. The van der Waals surface area contributed by atoms with Crippen molar-refractivity contribution in [3.8, 4) is 5.75 Å². The molecule has 0 saturated carbocycles. The first-order chi connectivity index (χ1) is 10.5. The van der Waals surface area contributed by atoms with E-state index < -0.39 is 5.97 Å². The van der Waals surface area contributed by atoms with Crippen LogP contribution in [0.3, 0.4) is 0 Å². The molecule has 0 fully saturated rings. The van der Waals surface area contributed by atoms with E-state index in [1.807, 2.05) is 26.0 Å². The van der Waals surface area contributed by atoms with Gasteiger partial charge in [-0.1, -0.05) is 23.7 Å². The Morgan fingerprint density at radius 1 is 1.23 bits per heavy atom. The molecular weight excluding hydrogens is 302 g/mol. The van der Waals surface area contributed by atoms with E-state index in [2.05, 4.69) is 11.4 Å². The quantitative estimate of drug-likeness (QED) is 0.785. The van der Waals surface area contributed by atoms with Gasteiger partial charge in [-0.05, 0) is 49.2 Å². The molecule has 0 saturated heterocycles. The maximum Gasteiger partial charge on any atom is 0.337 e. The van der Waals surface area contributed by atoms with Gasteiger partial charge >= 0.3 is 5.97 Å². The molecule has 0 aliphatic carbocycles. The number of carboxylic acid groups (broad SMARTS) is 1. The average Bonchev–Trinajstić information content (AvgIpc) is 2.43. The van der Waals surface area contributed by atoms with Gasteiger partial charge in [-0.3, -0.25) is 0 Å². The van der Waals surface area contributed by atoms with Crippen molar-refractivity contribution in [1.29, 1.82) is 0 Å². The van der Waals surface area contributed by atoms with Gasteiger partial charge in [-0.15, -0.1) is 0 Å². The average molecular weight is 320 g/mol. The lowest BCUT2D eigenvalue weighted by Crippen LogP contribution is -2.14. The largest absolute Gasteiger partial charge is 0.492 e. The van der Waals surface area contributed by atoms with Crippen LogP contribution in [0.2, 0.25) is 5.02 Å². The minimum absolute atomic E-state index is 0.152. The van der Waals surface area contributed by atoms with Crippen molar-refractivity contribution < 1.29 is 14.6 Å². The number of hydrogen-bond donors (Lipinski definition) is 2. The Labute approximate surface area is 134 Å². The first-order valence-electron chi connectivity index (χ1n) is 6.94. The zero-order valence-corrected chi connectivity index (χ0v) is 13.3. The van der Waals surface area contributed by atoms with Crippen molar-refractivity contribution in [1.82, 2.24) is 0 Å². The van der Waals surface area contributed by atoms with Crippen LogP contribution in [0, 0.1) is 13.8 Å². The van der Waals surface area contributed by atoms with Gasteiger partial charge < -0.3 is 15.2 Å². The Hall–Kier alpha value is -2.20. The van der Waals surface area contributed by atoms with E-state index in [4.69, 9.17) is 21.4 Å². The predicted octanol–water partition coefficient (Wildman–Crippen LogP) is 4.15. The van der Waals surface area contributed by atoms with Gasteiger partial charge in [0.15, 0.2) is 0 Å². The monoisotopic (exact) mass is 319 g/mol.